The molecule has 1 aliphatic heterocycles. The van der Waals surface area contributed by atoms with Crippen LogP contribution in [0.15, 0.2) is 0 Å². The van der Waals surface area contributed by atoms with Crippen LogP contribution in [0.1, 0.15) is 13.3 Å². The lowest BCUT2D eigenvalue weighted by molar-refractivity contribution is -0.139. The summed E-state index contributed by atoms with van der Waals surface area (Å²) in [5, 5.41) is 0. The number of nitrogens with zero attached hydrogens (tertiary/aromatic N) is 1. The van der Waals surface area contributed by atoms with Crippen LogP contribution in [-0.4, -0.2) is 37.1 Å². The first kappa shape index (κ1) is 9.52. The largest absolute Gasteiger partial charge is 0.378 e. The summed E-state index contributed by atoms with van der Waals surface area (Å²) in [6.45, 7) is 8.48. The maximum atomic E-state index is 11.6. The molecule has 1 amide bonds. The van der Waals surface area contributed by atoms with Crippen molar-refractivity contribution in [1.82, 2.24) is 4.90 Å². The molecule has 1 fully saturated rings. The molecule has 0 aromatic heterocycles. The maximum absolute atomic E-state index is 11.6. The molecule has 0 bridgehead atoms. The third-order valence-corrected chi connectivity index (χ3v) is 2.18. The number of rotatable bonds is 2. The number of carbonyl (C=O) groups excluding carboxylic acids is 1. The predicted octanol–water partition coefficient (Wildman–Crippen LogP) is 0.705. The fraction of sp³-hybridized carbons (Fsp3) is 0.778. The maximum Gasteiger partial charge on any atom is 0.225 e. The van der Waals surface area contributed by atoms with E-state index in [1.54, 1.807) is 0 Å². The third kappa shape index (κ3) is 2.21. The normalized spacial score (nSPS) is 20.7. The summed E-state index contributed by atoms with van der Waals surface area (Å²) in [5.74, 6) is 0.274. The van der Waals surface area contributed by atoms with Gasteiger partial charge in [0.05, 0.1) is 13.2 Å². The number of amides is 1. The number of hydrogen-bond donors (Lipinski definition) is 0. The molecule has 12 heavy (non-hydrogen) atoms. The van der Waals surface area contributed by atoms with Crippen LogP contribution >= 0.6 is 0 Å². The molecule has 3 nitrogen and oxygen atoms in total. The first-order valence-electron chi connectivity index (χ1n) is 4.41. The van der Waals surface area contributed by atoms with E-state index in [-0.39, 0.29) is 11.8 Å². The monoisotopic (exact) mass is 170 g/mol. The zero-order valence-electron chi connectivity index (χ0n) is 7.58. The van der Waals surface area contributed by atoms with Gasteiger partial charge < -0.3 is 9.64 Å². The Morgan fingerprint density at radius 2 is 2.17 bits per heavy atom. The van der Waals surface area contributed by atoms with Crippen LogP contribution in [0, 0.1) is 12.8 Å². The summed E-state index contributed by atoms with van der Waals surface area (Å²) in [6.07, 6.45) is 0.677. The minimum absolute atomic E-state index is 0.0584. The van der Waals surface area contributed by atoms with Gasteiger partial charge in [0.1, 0.15) is 0 Å². The molecule has 0 saturated carbocycles. The molecule has 69 valence electrons. The van der Waals surface area contributed by atoms with Gasteiger partial charge in [0.2, 0.25) is 5.91 Å². The average molecular weight is 170 g/mol. The summed E-state index contributed by atoms with van der Waals surface area (Å²) in [6, 6.07) is 0. The Labute approximate surface area is 73.7 Å². The van der Waals surface area contributed by atoms with Gasteiger partial charge in [0, 0.05) is 19.0 Å². The van der Waals surface area contributed by atoms with E-state index in [0.29, 0.717) is 19.6 Å². The lowest BCUT2D eigenvalue weighted by Crippen LogP contribution is -2.43. The topological polar surface area (TPSA) is 29.5 Å². The lowest BCUT2D eigenvalue weighted by Gasteiger charge is -2.28. The van der Waals surface area contributed by atoms with Gasteiger partial charge in [-0.15, -0.1) is 0 Å². The van der Waals surface area contributed by atoms with Gasteiger partial charge in [-0.3, -0.25) is 4.79 Å². The van der Waals surface area contributed by atoms with Crippen molar-refractivity contribution in [2.45, 2.75) is 13.3 Å². The molecule has 0 aliphatic carbocycles. The zero-order valence-corrected chi connectivity index (χ0v) is 7.58. The molecular weight excluding hydrogens is 154 g/mol. The van der Waals surface area contributed by atoms with Gasteiger partial charge in [-0.05, 0) is 6.42 Å². The number of hydrogen-bond acceptors (Lipinski definition) is 2. The Bertz CT molecular complexity index is 153. The van der Waals surface area contributed by atoms with Gasteiger partial charge >= 0.3 is 0 Å². The van der Waals surface area contributed by atoms with Gasteiger partial charge in [-0.25, -0.2) is 0 Å². The molecule has 0 spiro atoms. The minimum atomic E-state index is 0.0584. The molecule has 0 aromatic rings. The first-order chi connectivity index (χ1) is 5.75. The molecule has 1 rings (SSSR count). The summed E-state index contributed by atoms with van der Waals surface area (Å²) in [4.78, 5) is 13.4. The average Bonchev–Trinajstić information content (AvgIpc) is 2.17. The van der Waals surface area contributed by atoms with Crippen molar-refractivity contribution in [2.24, 2.45) is 5.92 Å². The smallest absolute Gasteiger partial charge is 0.225 e. The molecule has 1 atom stereocenters. The molecule has 3 heteroatoms. The van der Waals surface area contributed by atoms with E-state index in [1.165, 1.54) is 0 Å². The van der Waals surface area contributed by atoms with Crippen LogP contribution in [0.2, 0.25) is 0 Å². The first-order valence-corrected chi connectivity index (χ1v) is 4.41. The molecule has 0 aromatic carbocycles. The predicted molar refractivity (Wildman–Crippen MR) is 46.5 cm³/mol. The summed E-state index contributed by atoms with van der Waals surface area (Å²) >= 11 is 0. The highest BCUT2D eigenvalue weighted by atomic mass is 16.5. The van der Waals surface area contributed by atoms with Crippen molar-refractivity contribution in [3.05, 3.63) is 6.92 Å². The number of ether oxygens (including phenoxy) is 1. The Hall–Kier alpha value is -0.570. The van der Waals surface area contributed by atoms with E-state index in [9.17, 15) is 4.79 Å². The standard InChI is InChI=1S/C9H16NO2/c1-3-8(2)9(11)10-4-6-12-7-5-10/h8H,1,3-7H2,2H3. The van der Waals surface area contributed by atoms with Crippen molar-refractivity contribution >= 4 is 5.91 Å². The Balaban J connectivity index is 2.39. The molecular formula is C9H16NO2. The Kier molecular flexibility index (Phi) is 3.53. The van der Waals surface area contributed by atoms with Gasteiger partial charge in [-0.1, -0.05) is 13.8 Å². The second kappa shape index (κ2) is 4.45. The van der Waals surface area contributed by atoms with Crippen molar-refractivity contribution < 1.29 is 9.53 Å². The third-order valence-electron chi connectivity index (χ3n) is 2.18. The number of morpholine rings is 1. The van der Waals surface area contributed by atoms with Gasteiger partial charge in [-0.2, -0.15) is 0 Å². The zero-order chi connectivity index (χ0) is 8.97. The molecule has 0 N–H and O–H groups in total. The fourth-order valence-electron chi connectivity index (χ4n) is 1.22. The number of carbonyl (C=O) groups is 1. The quantitative estimate of drug-likeness (QED) is 0.610. The van der Waals surface area contributed by atoms with Crippen molar-refractivity contribution in [1.29, 1.82) is 0 Å². The van der Waals surface area contributed by atoms with Gasteiger partial charge in [0.25, 0.3) is 0 Å². The molecule has 1 aliphatic rings. The molecule has 1 saturated heterocycles. The summed E-state index contributed by atoms with van der Waals surface area (Å²) in [5.41, 5.74) is 0. The highest BCUT2D eigenvalue weighted by molar-refractivity contribution is 5.78. The van der Waals surface area contributed by atoms with Crippen molar-refractivity contribution in [2.75, 3.05) is 26.3 Å². The van der Waals surface area contributed by atoms with E-state index in [4.69, 9.17) is 4.74 Å². The molecule has 1 heterocycles. The van der Waals surface area contributed by atoms with E-state index in [0.717, 1.165) is 13.1 Å². The van der Waals surface area contributed by atoms with Crippen molar-refractivity contribution in [3.8, 4) is 0 Å². The highest BCUT2D eigenvalue weighted by Gasteiger charge is 2.20. The van der Waals surface area contributed by atoms with Crippen molar-refractivity contribution in [3.63, 3.8) is 0 Å². The van der Waals surface area contributed by atoms with E-state index in [2.05, 4.69) is 6.92 Å². The summed E-state index contributed by atoms with van der Waals surface area (Å²) in [7, 11) is 0. The van der Waals surface area contributed by atoms with E-state index >= 15 is 0 Å². The van der Waals surface area contributed by atoms with Crippen LogP contribution in [0.25, 0.3) is 0 Å². The second-order valence-electron chi connectivity index (χ2n) is 3.13. The van der Waals surface area contributed by atoms with Crippen LogP contribution in [-0.2, 0) is 9.53 Å². The SMILES string of the molecule is [CH2]CC(C)C(=O)N1CCOCC1. The Morgan fingerprint density at radius 1 is 1.58 bits per heavy atom. The van der Waals surface area contributed by atoms with Crippen LogP contribution < -0.4 is 0 Å². The Morgan fingerprint density at radius 3 is 2.67 bits per heavy atom. The highest BCUT2D eigenvalue weighted by Crippen LogP contribution is 2.07. The fourth-order valence-corrected chi connectivity index (χ4v) is 1.22. The second-order valence-corrected chi connectivity index (χ2v) is 3.13. The minimum Gasteiger partial charge on any atom is -0.378 e. The molecule has 1 unspecified atom stereocenters. The van der Waals surface area contributed by atoms with E-state index < -0.39 is 0 Å². The van der Waals surface area contributed by atoms with Crippen LogP contribution in [0.4, 0.5) is 0 Å². The van der Waals surface area contributed by atoms with Crippen LogP contribution in [0.3, 0.4) is 0 Å². The van der Waals surface area contributed by atoms with Crippen LogP contribution in [0.5, 0.6) is 0 Å². The van der Waals surface area contributed by atoms with E-state index in [1.807, 2.05) is 11.8 Å². The lowest BCUT2D eigenvalue weighted by atomic mass is 10.1. The van der Waals surface area contributed by atoms with Gasteiger partial charge in [0.15, 0.2) is 0 Å². The molecule has 1 radical (unpaired) electrons. The summed E-state index contributed by atoms with van der Waals surface area (Å²) < 4.78 is 5.15.